The maximum absolute atomic E-state index is 6.09. The molecule has 100 valence electrons. The molecule has 17 heavy (non-hydrogen) atoms. The van der Waals surface area contributed by atoms with Crippen LogP contribution in [0.1, 0.15) is 52.4 Å². The fourth-order valence-electron chi connectivity index (χ4n) is 3.48. The summed E-state index contributed by atoms with van der Waals surface area (Å²) in [7, 11) is 2.23. The Hall–Kier alpha value is -0.120. The Kier molecular flexibility index (Phi) is 3.81. The molecule has 2 aliphatic rings. The van der Waals surface area contributed by atoms with E-state index in [4.69, 9.17) is 10.5 Å². The van der Waals surface area contributed by atoms with Crippen molar-refractivity contribution in [2.75, 3.05) is 20.1 Å². The van der Waals surface area contributed by atoms with Gasteiger partial charge in [0.25, 0.3) is 0 Å². The van der Waals surface area contributed by atoms with Crippen LogP contribution in [-0.2, 0) is 4.74 Å². The summed E-state index contributed by atoms with van der Waals surface area (Å²) in [5.41, 5.74) is 6.36. The van der Waals surface area contributed by atoms with Gasteiger partial charge < -0.3 is 10.5 Å². The summed E-state index contributed by atoms with van der Waals surface area (Å²) in [6.45, 7) is 6.22. The molecular weight excluding hydrogens is 212 g/mol. The zero-order valence-electron chi connectivity index (χ0n) is 11.7. The summed E-state index contributed by atoms with van der Waals surface area (Å²) in [6, 6.07) is 0. The minimum atomic E-state index is 0.0804. The number of likely N-dealkylation sites (N-methyl/N-ethyl adjacent to an activating group) is 1. The van der Waals surface area contributed by atoms with Gasteiger partial charge in [0, 0.05) is 18.6 Å². The molecule has 0 aromatic rings. The predicted molar refractivity (Wildman–Crippen MR) is 71.1 cm³/mol. The molecule has 0 radical (unpaired) electrons. The summed E-state index contributed by atoms with van der Waals surface area (Å²) in [5.74, 6) is 0. The van der Waals surface area contributed by atoms with Crippen LogP contribution in [0.25, 0.3) is 0 Å². The standard InChI is InChI=1S/C14H28N2O/c1-13(2)9-6-12(17-13)10-16(3)14(11-15)7-4-5-8-14/h12H,4-11,15H2,1-3H3. The van der Waals surface area contributed by atoms with Crippen LogP contribution in [0.5, 0.6) is 0 Å². The molecule has 2 rings (SSSR count). The first-order chi connectivity index (χ1) is 7.97. The first-order valence-corrected chi connectivity index (χ1v) is 7.07. The third kappa shape index (κ3) is 2.83. The van der Waals surface area contributed by atoms with Crippen LogP contribution in [0, 0.1) is 0 Å². The van der Waals surface area contributed by atoms with Crippen molar-refractivity contribution in [1.82, 2.24) is 4.90 Å². The molecular formula is C14H28N2O. The molecule has 0 spiro atoms. The van der Waals surface area contributed by atoms with E-state index in [0.717, 1.165) is 13.1 Å². The maximum Gasteiger partial charge on any atom is 0.0710 e. The SMILES string of the molecule is CN(CC1CCC(C)(C)O1)C1(CN)CCCC1. The van der Waals surface area contributed by atoms with Crippen LogP contribution in [0.2, 0.25) is 0 Å². The van der Waals surface area contributed by atoms with Crippen molar-refractivity contribution in [3.8, 4) is 0 Å². The Morgan fingerprint density at radius 3 is 2.35 bits per heavy atom. The lowest BCUT2D eigenvalue weighted by molar-refractivity contribution is -0.0387. The number of hydrogen-bond donors (Lipinski definition) is 1. The van der Waals surface area contributed by atoms with E-state index in [2.05, 4.69) is 25.8 Å². The number of nitrogens with two attached hydrogens (primary N) is 1. The van der Waals surface area contributed by atoms with Gasteiger partial charge in [-0.2, -0.15) is 0 Å². The van der Waals surface area contributed by atoms with Crippen molar-refractivity contribution < 1.29 is 4.74 Å². The normalized spacial score (nSPS) is 31.2. The quantitative estimate of drug-likeness (QED) is 0.818. The van der Waals surface area contributed by atoms with Gasteiger partial charge >= 0.3 is 0 Å². The van der Waals surface area contributed by atoms with Crippen LogP contribution < -0.4 is 5.73 Å². The average molecular weight is 240 g/mol. The van der Waals surface area contributed by atoms with Crippen LogP contribution in [0.3, 0.4) is 0 Å². The van der Waals surface area contributed by atoms with Gasteiger partial charge in [-0.25, -0.2) is 0 Å². The lowest BCUT2D eigenvalue weighted by atomic mass is 9.95. The van der Waals surface area contributed by atoms with E-state index < -0.39 is 0 Å². The fourth-order valence-corrected chi connectivity index (χ4v) is 3.48. The van der Waals surface area contributed by atoms with Crippen LogP contribution in [-0.4, -0.2) is 42.3 Å². The lowest BCUT2D eigenvalue weighted by Gasteiger charge is -2.39. The smallest absolute Gasteiger partial charge is 0.0710 e. The van der Waals surface area contributed by atoms with Gasteiger partial charge in [-0.15, -0.1) is 0 Å². The van der Waals surface area contributed by atoms with Crippen molar-refractivity contribution in [3.63, 3.8) is 0 Å². The predicted octanol–water partition coefficient (Wildman–Crippen LogP) is 2.15. The highest BCUT2D eigenvalue weighted by molar-refractivity contribution is 4.96. The van der Waals surface area contributed by atoms with E-state index >= 15 is 0 Å². The van der Waals surface area contributed by atoms with Gasteiger partial charge in [0.05, 0.1) is 11.7 Å². The second-order valence-electron chi connectivity index (χ2n) is 6.55. The molecule has 2 N–H and O–H groups in total. The van der Waals surface area contributed by atoms with E-state index in [-0.39, 0.29) is 11.1 Å². The van der Waals surface area contributed by atoms with Crippen LogP contribution >= 0.6 is 0 Å². The van der Waals surface area contributed by atoms with Crippen LogP contribution in [0.15, 0.2) is 0 Å². The number of nitrogens with zero attached hydrogens (tertiary/aromatic N) is 1. The van der Waals surface area contributed by atoms with Crippen molar-refractivity contribution in [2.24, 2.45) is 5.73 Å². The Morgan fingerprint density at radius 1 is 1.24 bits per heavy atom. The molecule has 0 bridgehead atoms. The third-order valence-corrected chi connectivity index (χ3v) is 4.76. The van der Waals surface area contributed by atoms with Crippen molar-refractivity contribution in [3.05, 3.63) is 0 Å². The summed E-state index contributed by atoms with van der Waals surface area (Å²) in [5, 5.41) is 0. The largest absolute Gasteiger partial charge is 0.371 e. The lowest BCUT2D eigenvalue weighted by Crippen LogP contribution is -2.52. The first-order valence-electron chi connectivity index (χ1n) is 7.07. The molecule has 3 nitrogen and oxygen atoms in total. The number of rotatable bonds is 4. The van der Waals surface area contributed by atoms with E-state index in [1.165, 1.54) is 38.5 Å². The summed E-state index contributed by atoms with van der Waals surface area (Å²) in [4.78, 5) is 2.48. The molecule has 1 unspecified atom stereocenters. The minimum Gasteiger partial charge on any atom is -0.371 e. The monoisotopic (exact) mass is 240 g/mol. The van der Waals surface area contributed by atoms with Gasteiger partial charge in [-0.1, -0.05) is 12.8 Å². The molecule has 1 heterocycles. The Morgan fingerprint density at radius 2 is 1.88 bits per heavy atom. The highest BCUT2D eigenvalue weighted by Gasteiger charge is 2.39. The zero-order valence-corrected chi connectivity index (χ0v) is 11.7. The number of ether oxygens (including phenoxy) is 1. The van der Waals surface area contributed by atoms with Gasteiger partial charge in [-0.05, 0) is 46.6 Å². The first kappa shape index (κ1) is 13.3. The van der Waals surface area contributed by atoms with Gasteiger partial charge in [0.2, 0.25) is 0 Å². The molecule has 1 atom stereocenters. The highest BCUT2D eigenvalue weighted by atomic mass is 16.5. The van der Waals surface area contributed by atoms with Crippen molar-refractivity contribution in [2.45, 2.75) is 69.6 Å². The molecule has 0 aromatic heterocycles. The van der Waals surface area contributed by atoms with Crippen molar-refractivity contribution >= 4 is 0 Å². The van der Waals surface area contributed by atoms with Gasteiger partial charge in [0.15, 0.2) is 0 Å². The van der Waals surface area contributed by atoms with Gasteiger partial charge in [0.1, 0.15) is 0 Å². The molecule has 1 aliphatic carbocycles. The molecule has 1 aliphatic heterocycles. The summed E-state index contributed by atoms with van der Waals surface area (Å²) >= 11 is 0. The summed E-state index contributed by atoms with van der Waals surface area (Å²) in [6.07, 6.45) is 7.96. The molecule has 1 saturated carbocycles. The molecule has 0 amide bonds. The fraction of sp³-hybridized carbons (Fsp3) is 1.00. The van der Waals surface area contributed by atoms with E-state index in [1.54, 1.807) is 0 Å². The van der Waals surface area contributed by atoms with E-state index in [9.17, 15) is 0 Å². The molecule has 2 fully saturated rings. The van der Waals surface area contributed by atoms with Gasteiger partial charge in [-0.3, -0.25) is 4.90 Å². The molecule has 0 aromatic carbocycles. The Balaban J connectivity index is 1.90. The minimum absolute atomic E-state index is 0.0804. The third-order valence-electron chi connectivity index (χ3n) is 4.76. The Labute approximate surface area is 106 Å². The topological polar surface area (TPSA) is 38.5 Å². The van der Waals surface area contributed by atoms with Crippen LogP contribution in [0.4, 0.5) is 0 Å². The average Bonchev–Trinajstić information content (AvgIpc) is 2.86. The molecule has 3 heteroatoms. The zero-order chi connectivity index (χ0) is 12.5. The maximum atomic E-state index is 6.09. The summed E-state index contributed by atoms with van der Waals surface area (Å²) < 4.78 is 6.09. The van der Waals surface area contributed by atoms with E-state index in [0.29, 0.717) is 6.10 Å². The second kappa shape index (κ2) is 4.87. The van der Waals surface area contributed by atoms with E-state index in [1.807, 2.05) is 0 Å². The second-order valence-corrected chi connectivity index (χ2v) is 6.55. The highest BCUT2D eigenvalue weighted by Crippen LogP contribution is 2.36. The van der Waals surface area contributed by atoms with Crippen molar-refractivity contribution in [1.29, 1.82) is 0 Å². The Bertz CT molecular complexity index is 259. The number of hydrogen-bond acceptors (Lipinski definition) is 3. The molecule has 1 saturated heterocycles.